The highest BCUT2D eigenvalue weighted by atomic mass is 16.5. The number of aliphatic hydroxyl groups is 1. The molecule has 0 spiro atoms. The molecule has 0 aromatic carbocycles. The van der Waals surface area contributed by atoms with E-state index in [1.807, 2.05) is 0 Å². The van der Waals surface area contributed by atoms with Crippen molar-refractivity contribution >= 4 is 0 Å². The van der Waals surface area contributed by atoms with Gasteiger partial charge in [-0.3, -0.25) is 14.3 Å². The minimum Gasteiger partial charge on any atom is -0.400 e. The van der Waals surface area contributed by atoms with Gasteiger partial charge in [-0.2, -0.15) is 0 Å². The standard InChI is InChI=1S/C10H12N2O3.CH4O/c1-2-7-3-4-9(15-7)12-6-5-8(13)11-10(12)14;1-2/h2,5-7,9H,1,3-4H2,(H,11,13,14);2H,1H3. The van der Waals surface area contributed by atoms with E-state index in [2.05, 4.69) is 11.6 Å². The van der Waals surface area contributed by atoms with Crippen molar-refractivity contribution in [1.29, 1.82) is 0 Å². The van der Waals surface area contributed by atoms with E-state index in [0.29, 0.717) is 0 Å². The summed E-state index contributed by atoms with van der Waals surface area (Å²) in [4.78, 5) is 24.5. The third kappa shape index (κ3) is 3.15. The number of nitrogens with zero attached hydrogens (tertiary/aromatic N) is 1. The third-order valence-electron chi connectivity index (χ3n) is 2.45. The van der Waals surface area contributed by atoms with E-state index in [1.54, 1.807) is 6.08 Å². The fraction of sp³-hybridized carbons (Fsp3) is 0.455. The molecule has 2 N–H and O–H groups in total. The van der Waals surface area contributed by atoms with Gasteiger partial charge in [0.2, 0.25) is 0 Å². The summed E-state index contributed by atoms with van der Waals surface area (Å²) >= 11 is 0. The van der Waals surface area contributed by atoms with Crippen molar-refractivity contribution in [2.45, 2.75) is 25.2 Å². The largest absolute Gasteiger partial charge is 0.400 e. The van der Waals surface area contributed by atoms with Gasteiger partial charge in [-0.1, -0.05) is 6.08 Å². The van der Waals surface area contributed by atoms with E-state index in [-0.39, 0.29) is 12.3 Å². The minimum atomic E-state index is -0.433. The molecule has 1 aliphatic rings. The lowest BCUT2D eigenvalue weighted by Crippen LogP contribution is -2.31. The molecular weight excluding hydrogens is 224 g/mol. The first-order valence-electron chi connectivity index (χ1n) is 5.25. The summed E-state index contributed by atoms with van der Waals surface area (Å²) in [7, 11) is 1.00. The Morgan fingerprint density at radius 3 is 2.76 bits per heavy atom. The Morgan fingerprint density at radius 2 is 2.24 bits per heavy atom. The zero-order chi connectivity index (χ0) is 12.8. The monoisotopic (exact) mass is 240 g/mol. The van der Waals surface area contributed by atoms with E-state index in [9.17, 15) is 9.59 Å². The molecule has 94 valence electrons. The molecule has 2 heterocycles. The molecular formula is C11H16N2O4. The number of aromatic nitrogens is 2. The lowest BCUT2D eigenvalue weighted by molar-refractivity contribution is 0.0204. The Kier molecular flexibility index (Phi) is 4.86. The van der Waals surface area contributed by atoms with Crippen LogP contribution in [0.5, 0.6) is 0 Å². The molecule has 6 heteroatoms. The SMILES string of the molecule is C=CC1CCC(n2ccc(=O)[nH]c2=O)O1.CO. The van der Waals surface area contributed by atoms with Crippen molar-refractivity contribution in [3.63, 3.8) is 0 Å². The van der Waals surface area contributed by atoms with Crippen LogP contribution in [-0.2, 0) is 4.74 Å². The van der Waals surface area contributed by atoms with Crippen LogP contribution in [0.4, 0.5) is 0 Å². The van der Waals surface area contributed by atoms with E-state index < -0.39 is 11.2 Å². The van der Waals surface area contributed by atoms with Gasteiger partial charge in [0, 0.05) is 19.4 Å². The van der Waals surface area contributed by atoms with Crippen LogP contribution in [0, 0.1) is 0 Å². The van der Waals surface area contributed by atoms with Gasteiger partial charge in [0.1, 0.15) is 6.23 Å². The van der Waals surface area contributed by atoms with Crippen molar-refractivity contribution in [2.24, 2.45) is 0 Å². The predicted octanol–water partition coefficient (Wildman–Crippen LogP) is 0.00870. The molecule has 0 amide bonds. The van der Waals surface area contributed by atoms with Gasteiger partial charge in [0.05, 0.1) is 6.10 Å². The summed E-state index contributed by atoms with van der Waals surface area (Å²) in [5, 5.41) is 7.00. The number of hydrogen-bond acceptors (Lipinski definition) is 4. The molecule has 0 saturated carbocycles. The number of ether oxygens (including phenoxy) is 1. The summed E-state index contributed by atoms with van der Waals surface area (Å²) in [6, 6.07) is 1.31. The lowest BCUT2D eigenvalue weighted by atomic mass is 10.2. The van der Waals surface area contributed by atoms with E-state index in [1.165, 1.54) is 16.8 Å². The molecule has 0 aliphatic carbocycles. The molecule has 0 bridgehead atoms. The van der Waals surface area contributed by atoms with Gasteiger partial charge in [0.25, 0.3) is 5.56 Å². The maximum atomic E-state index is 11.4. The van der Waals surface area contributed by atoms with E-state index in [0.717, 1.165) is 20.0 Å². The normalized spacial score (nSPS) is 22.7. The fourth-order valence-electron chi connectivity index (χ4n) is 1.68. The molecule has 2 atom stereocenters. The number of rotatable bonds is 2. The van der Waals surface area contributed by atoms with Gasteiger partial charge < -0.3 is 9.84 Å². The summed E-state index contributed by atoms with van der Waals surface area (Å²) in [5.74, 6) is 0. The van der Waals surface area contributed by atoms with Crippen LogP contribution in [-0.4, -0.2) is 27.9 Å². The Hall–Kier alpha value is -1.66. The Labute approximate surface area is 98.2 Å². The number of H-pyrrole nitrogens is 1. The van der Waals surface area contributed by atoms with Crippen molar-refractivity contribution in [3.05, 3.63) is 45.8 Å². The van der Waals surface area contributed by atoms with Crippen molar-refractivity contribution in [1.82, 2.24) is 9.55 Å². The summed E-state index contributed by atoms with van der Waals surface area (Å²) in [5.41, 5.74) is -0.827. The quantitative estimate of drug-likeness (QED) is 0.713. The first-order valence-corrected chi connectivity index (χ1v) is 5.25. The lowest BCUT2D eigenvalue weighted by Gasteiger charge is -2.13. The van der Waals surface area contributed by atoms with Crippen molar-refractivity contribution in [2.75, 3.05) is 7.11 Å². The van der Waals surface area contributed by atoms with Crippen LogP contribution >= 0.6 is 0 Å². The van der Waals surface area contributed by atoms with E-state index in [4.69, 9.17) is 9.84 Å². The molecule has 1 aromatic heterocycles. The fourth-order valence-corrected chi connectivity index (χ4v) is 1.68. The zero-order valence-electron chi connectivity index (χ0n) is 9.63. The Bertz CT molecular complexity index is 477. The second kappa shape index (κ2) is 6.17. The summed E-state index contributed by atoms with van der Waals surface area (Å²) < 4.78 is 6.93. The van der Waals surface area contributed by atoms with Crippen LogP contribution in [0.1, 0.15) is 19.1 Å². The second-order valence-corrected chi connectivity index (χ2v) is 3.46. The number of hydrogen-bond donors (Lipinski definition) is 2. The Morgan fingerprint density at radius 1 is 1.53 bits per heavy atom. The molecule has 2 rings (SSSR count). The highest BCUT2D eigenvalue weighted by molar-refractivity contribution is 4.89. The molecule has 2 unspecified atom stereocenters. The van der Waals surface area contributed by atoms with Crippen molar-refractivity contribution in [3.8, 4) is 0 Å². The van der Waals surface area contributed by atoms with Crippen LogP contribution in [0.15, 0.2) is 34.5 Å². The number of nitrogens with one attached hydrogen (secondary N) is 1. The number of aliphatic hydroxyl groups excluding tert-OH is 1. The van der Waals surface area contributed by atoms with Gasteiger partial charge in [-0.25, -0.2) is 4.79 Å². The highest BCUT2D eigenvalue weighted by Gasteiger charge is 2.24. The molecule has 0 radical (unpaired) electrons. The predicted molar refractivity (Wildman–Crippen MR) is 62.8 cm³/mol. The number of aromatic amines is 1. The van der Waals surface area contributed by atoms with E-state index >= 15 is 0 Å². The molecule has 17 heavy (non-hydrogen) atoms. The minimum absolute atomic E-state index is 0.00571. The van der Waals surface area contributed by atoms with Crippen molar-refractivity contribution < 1.29 is 9.84 Å². The maximum absolute atomic E-state index is 11.4. The maximum Gasteiger partial charge on any atom is 0.330 e. The molecule has 1 fully saturated rings. The average Bonchev–Trinajstić information content (AvgIpc) is 2.80. The van der Waals surface area contributed by atoms with Gasteiger partial charge >= 0.3 is 5.69 Å². The zero-order valence-corrected chi connectivity index (χ0v) is 9.63. The second-order valence-electron chi connectivity index (χ2n) is 3.46. The van der Waals surface area contributed by atoms with Gasteiger partial charge in [-0.05, 0) is 12.8 Å². The third-order valence-corrected chi connectivity index (χ3v) is 2.45. The first kappa shape index (κ1) is 13.4. The summed E-state index contributed by atoms with van der Waals surface area (Å²) in [6.07, 6.45) is 4.47. The molecule has 1 aromatic rings. The first-order chi connectivity index (χ1) is 8.20. The molecule has 1 saturated heterocycles. The Balaban J connectivity index is 0.000000686. The van der Waals surface area contributed by atoms with Crippen LogP contribution in [0.2, 0.25) is 0 Å². The smallest absolute Gasteiger partial charge is 0.330 e. The van der Waals surface area contributed by atoms with Crippen LogP contribution < -0.4 is 11.2 Å². The van der Waals surface area contributed by atoms with Gasteiger partial charge in [-0.15, -0.1) is 6.58 Å². The summed E-state index contributed by atoms with van der Waals surface area (Å²) in [6.45, 7) is 3.64. The topological polar surface area (TPSA) is 84.3 Å². The van der Waals surface area contributed by atoms with Crippen LogP contribution in [0.25, 0.3) is 0 Å². The highest BCUT2D eigenvalue weighted by Crippen LogP contribution is 2.26. The average molecular weight is 240 g/mol. The molecule has 6 nitrogen and oxygen atoms in total. The molecule has 1 aliphatic heterocycles. The van der Waals surface area contributed by atoms with Gasteiger partial charge in [0.15, 0.2) is 0 Å². The van der Waals surface area contributed by atoms with Crippen LogP contribution in [0.3, 0.4) is 0 Å².